The number of nitrogens with two attached hydrogens (primary N) is 1. The molecule has 0 aliphatic rings. The Balaban J connectivity index is 3.57. The van der Waals surface area contributed by atoms with Gasteiger partial charge in [0.05, 0.1) is 10.6 Å². The zero-order chi connectivity index (χ0) is 13.2. The Morgan fingerprint density at radius 1 is 1.35 bits per heavy atom. The molecule has 0 spiro atoms. The van der Waals surface area contributed by atoms with Gasteiger partial charge in [-0.3, -0.25) is 10.1 Å². The monoisotopic (exact) mass is 232 g/mol. The molecule has 0 fully saturated rings. The molecule has 0 aliphatic carbocycles. The Morgan fingerprint density at radius 2 is 1.94 bits per heavy atom. The summed E-state index contributed by atoms with van der Waals surface area (Å²) in [5, 5.41) is 11.0. The van der Waals surface area contributed by atoms with Gasteiger partial charge in [0.1, 0.15) is 0 Å². The van der Waals surface area contributed by atoms with Crippen LogP contribution in [-0.4, -0.2) is 4.92 Å². The van der Waals surface area contributed by atoms with Crippen molar-refractivity contribution < 1.29 is 4.92 Å². The van der Waals surface area contributed by atoms with Crippen LogP contribution < -0.4 is 5.73 Å². The van der Waals surface area contributed by atoms with E-state index in [4.69, 9.17) is 5.73 Å². The van der Waals surface area contributed by atoms with Gasteiger partial charge in [-0.1, -0.05) is 26.7 Å². The number of hydrogen-bond acceptors (Lipinski definition) is 3. The first-order valence-electron chi connectivity index (χ1n) is 5.28. The van der Waals surface area contributed by atoms with E-state index < -0.39 is 4.92 Å². The van der Waals surface area contributed by atoms with E-state index >= 15 is 0 Å². The van der Waals surface area contributed by atoms with Crippen molar-refractivity contribution in [3.8, 4) is 11.8 Å². The molecule has 2 N–H and O–H groups in total. The van der Waals surface area contributed by atoms with E-state index in [0.717, 1.165) is 0 Å². The van der Waals surface area contributed by atoms with Gasteiger partial charge in [-0.25, -0.2) is 0 Å². The second-order valence-electron chi connectivity index (χ2n) is 4.84. The highest BCUT2D eigenvalue weighted by Gasteiger charge is 2.26. The highest BCUT2D eigenvalue weighted by atomic mass is 16.6. The van der Waals surface area contributed by atoms with E-state index in [1.807, 2.05) is 20.8 Å². The second-order valence-corrected chi connectivity index (χ2v) is 4.84. The predicted octanol–water partition coefficient (Wildman–Crippen LogP) is 2.85. The first kappa shape index (κ1) is 13.0. The Hall–Kier alpha value is -2.02. The lowest BCUT2D eigenvalue weighted by Crippen LogP contribution is -2.14. The molecule has 0 radical (unpaired) electrons. The molecule has 90 valence electrons. The molecule has 0 aliphatic heterocycles. The van der Waals surface area contributed by atoms with Gasteiger partial charge < -0.3 is 5.73 Å². The summed E-state index contributed by atoms with van der Waals surface area (Å²) in [7, 11) is 0. The lowest BCUT2D eigenvalue weighted by Gasteiger charge is -2.19. The molecule has 1 aromatic rings. The fraction of sp³-hybridized carbons (Fsp3) is 0.385. The summed E-state index contributed by atoms with van der Waals surface area (Å²) in [6.45, 7) is 7.48. The van der Waals surface area contributed by atoms with Crippen LogP contribution in [0.3, 0.4) is 0 Å². The molecule has 0 saturated carbocycles. The summed E-state index contributed by atoms with van der Waals surface area (Å²) in [6.07, 6.45) is 0. The zero-order valence-corrected chi connectivity index (χ0v) is 10.5. The van der Waals surface area contributed by atoms with E-state index in [-0.39, 0.29) is 11.1 Å². The third-order valence-corrected chi connectivity index (χ3v) is 2.43. The van der Waals surface area contributed by atoms with Gasteiger partial charge in [0.2, 0.25) is 0 Å². The average molecular weight is 232 g/mol. The first-order valence-corrected chi connectivity index (χ1v) is 5.28. The number of nitrogen functional groups attached to an aromatic ring is 1. The lowest BCUT2D eigenvalue weighted by atomic mass is 9.84. The van der Waals surface area contributed by atoms with Gasteiger partial charge in [-0.2, -0.15) is 0 Å². The number of nitrogens with zero attached hydrogens (tertiary/aromatic N) is 1. The number of nitro groups is 1. The van der Waals surface area contributed by atoms with Crippen molar-refractivity contribution in [2.24, 2.45) is 0 Å². The van der Waals surface area contributed by atoms with E-state index in [1.54, 1.807) is 13.0 Å². The molecule has 0 bridgehead atoms. The Bertz CT molecular complexity index is 517. The Morgan fingerprint density at radius 3 is 2.35 bits per heavy atom. The number of hydrogen-bond donors (Lipinski definition) is 1. The van der Waals surface area contributed by atoms with Crippen molar-refractivity contribution in [3.63, 3.8) is 0 Å². The maximum absolute atomic E-state index is 11.0. The number of rotatable bonds is 1. The number of nitro benzene ring substituents is 1. The van der Waals surface area contributed by atoms with E-state index in [1.165, 1.54) is 6.07 Å². The number of anilines is 1. The first-order chi connectivity index (χ1) is 7.77. The van der Waals surface area contributed by atoms with Crippen molar-refractivity contribution in [1.82, 2.24) is 0 Å². The molecule has 4 heteroatoms. The highest BCUT2D eigenvalue weighted by molar-refractivity contribution is 5.64. The minimum atomic E-state index is -0.403. The summed E-state index contributed by atoms with van der Waals surface area (Å²) in [6, 6.07) is 3.10. The smallest absolute Gasteiger partial charge is 0.275 e. The summed E-state index contributed by atoms with van der Waals surface area (Å²) in [5.41, 5.74) is 7.12. The molecule has 4 nitrogen and oxygen atoms in total. The van der Waals surface area contributed by atoms with Crippen LogP contribution in [0.15, 0.2) is 12.1 Å². The predicted molar refractivity (Wildman–Crippen MR) is 68.8 cm³/mol. The fourth-order valence-corrected chi connectivity index (χ4v) is 1.60. The lowest BCUT2D eigenvalue weighted by molar-refractivity contribution is -0.385. The van der Waals surface area contributed by atoms with Crippen molar-refractivity contribution in [1.29, 1.82) is 0 Å². The fourth-order valence-electron chi connectivity index (χ4n) is 1.60. The molecule has 17 heavy (non-hydrogen) atoms. The van der Waals surface area contributed by atoms with Crippen molar-refractivity contribution in [2.75, 3.05) is 5.73 Å². The largest absolute Gasteiger partial charge is 0.398 e. The molecular formula is C13H16N2O2. The van der Waals surface area contributed by atoms with Gasteiger partial charge in [-0.05, 0) is 18.4 Å². The van der Waals surface area contributed by atoms with Crippen molar-refractivity contribution >= 4 is 11.4 Å². The third-order valence-electron chi connectivity index (χ3n) is 2.43. The summed E-state index contributed by atoms with van der Waals surface area (Å²) in [4.78, 5) is 10.6. The number of benzene rings is 1. The van der Waals surface area contributed by atoms with Gasteiger partial charge in [-0.15, -0.1) is 5.92 Å². The molecule has 0 atom stereocenters. The summed E-state index contributed by atoms with van der Waals surface area (Å²) >= 11 is 0. The highest BCUT2D eigenvalue weighted by Crippen LogP contribution is 2.34. The Kier molecular flexibility index (Phi) is 3.42. The van der Waals surface area contributed by atoms with Gasteiger partial charge in [0.25, 0.3) is 5.69 Å². The van der Waals surface area contributed by atoms with Crippen molar-refractivity contribution in [3.05, 3.63) is 33.4 Å². The average Bonchev–Trinajstić information content (AvgIpc) is 2.18. The molecule has 1 rings (SSSR count). The van der Waals surface area contributed by atoms with Crippen LogP contribution in [0.25, 0.3) is 0 Å². The SMILES string of the molecule is CC#Cc1cc(C(C)(C)C)c([N+](=O)[O-])cc1N. The van der Waals surface area contributed by atoms with E-state index in [0.29, 0.717) is 16.8 Å². The van der Waals surface area contributed by atoms with Gasteiger partial charge in [0, 0.05) is 17.2 Å². The molecule has 0 aromatic heterocycles. The van der Waals surface area contributed by atoms with Crippen LogP contribution in [-0.2, 0) is 5.41 Å². The maximum Gasteiger partial charge on any atom is 0.275 e. The van der Waals surface area contributed by atoms with E-state index in [9.17, 15) is 10.1 Å². The van der Waals surface area contributed by atoms with Crippen LogP contribution >= 0.6 is 0 Å². The standard InChI is InChI=1S/C13H16N2O2/c1-5-6-9-7-10(13(2,3)4)12(15(16)17)8-11(9)14/h7-8H,14H2,1-4H3. The van der Waals surface area contributed by atoms with Crippen LogP contribution in [0.4, 0.5) is 11.4 Å². The minimum Gasteiger partial charge on any atom is -0.398 e. The second kappa shape index (κ2) is 4.46. The van der Waals surface area contributed by atoms with E-state index in [2.05, 4.69) is 11.8 Å². The van der Waals surface area contributed by atoms with Crippen LogP contribution in [0.1, 0.15) is 38.8 Å². The Labute approximate surface area is 101 Å². The zero-order valence-electron chi connectivity index (χ0n) is 10.5. The van der Waals surface area contributed by atoms with Crippen LogP contribution in [0.2, 0.25) is 0 Å². The maximum atomic E-state index is 11.0. The van der Waals surface area contributed by atoms with Crippen LogP contribution in [0.5, 0.6) is 0 Å². The van der Waals surface area contributed by atoms with Gasteiger partial charge in [0.15, 0.2) is 0 Å². The minimum absolute atomic E-state index is 0.0525. The quantitative estimate of drug-likeness (QED) is 0.350. The van der Waals surface area contributed by atoms with Gasteiger partial charge >= 0.3 is 0 Å². The molecule has 0 saturated heterocycles. The summed E-state index contributed by atoms with van der Waals surface area (Å²) < 4.78 is 0. The molecular weight excluding hydrogens is 216 g/mol. The normalized spacial score (nSPS) is 10.6. The molecule has 0 heterocycles. The molecule has 0 amide bonds. The van der Waals surface area contributed by atoms with Crippen LogP contribution in [0, 0.1) is 22.0 Å². The molecule has 1 aromatic carbocycles. The molecule has 0 unspecified atom stereocenters. The third kappa shape index (κ3) is 2.76. The topological polar surface area (TPSA) is 69.2 Å². The summed E-state index contributed by atoms with van der Waals surface area (Å²) in [5.74, 6) is 5.61. The van der Waals surface area contributed by atoms with Crippen molar-refractivity contribution in [2.45, 2.75) is 33.1 Å².